The SMILES string of the molecule is C[C@@H](OCc1ncc(-c2ccc(F)cc2)o1)C(=O)O. The lowest BCUT2D eigenvalue weighted by Gasteiger charge is -2.05. The van der Waals surface area contributed by atoms with Gasteiger partial charge in [-0.15, -0.1) is 0 Å². The molecule has 19 heavy (non-hydrogen) atoms. The molecule has 6 heteroatoms. The molecular weight excluding hydrogens is 253 g/mol. The molecule has 0 aliphatic carbocycles. The fraction of sp³-hybridized carbons (Fsp3) is 0.231. The summed E-state index contributed by atoms with van der Waals surface area (Å²) in [6.07, 6.45) is 0.554. The van der Waals surface area contributed by atoms with Gasteiger partial charge in [0.05, 0.1) is 6.20 Å². The molecular formula is C13H12FNO4. The van der Waals surface area contributed by atoms with Crippen molar-refractivity contribution in [2.24, 2.45) is 0 Å². The van der Waals surface area contributed by atoms with Crippen molar-refractivity contribution < 1.29 is 23.4 Å². The first-order chi connectivity index (χ1) is 9.06. The molecule has 0 radical (unpaired) electrons. The molecule has 0 spiro atoms. The van der Waals surface area contributed by atoms with Crippen molar-refractivity contribution in [3.63, 3.8) is 0 Å². The monoisotopic (exact) mass is 265 g/mol. The Morgan fingerprint density at radius 2 is 2.16 bits per heavy atom. The maximum absolute atomic E-state index is 12.8. The molecule has 1 aromatic carbocycles. The summed E-state index contributed by atoms with van der Waals surface area (Å²) >= 11 is 0. The first-order valence-electron chi connectivity index (χ1n) is 5.61. The highest BCUT2D eigenvalue weighted by Gasteiger charge is 2.13. The molecule has 1 atom stereocenters. The lowest BCUT2D eigenvalue weighted by atomic mass is 10.2. The highest BCUT2D eigenvalue weighted by Crippen LogP contribution is 2.21. The Bertz CT molecular complexity index is 564. The summed E-state index contributed by atoms with van der Waals surface area (Å²) in [6, 6.07) is 5.78. The molecule has 2 rings (SSSR count). The van der Waals surface area contributed by atoms with Crippen LogP contribution in [0.1, 0.15) is 12.8 Å². The van der Waals surface area contributed by atoms with E-state index in [9.17, 15) is 9.18 Å². The van der Waals surface area contributed by atoms with Crippen LogP contribution in [0.15, 0.2) is 34.9 Å². The van der Waals surface area contributed by atoms with E-state index in [1.165, 1.54) is 25.3 Å². The minimum Gasteiger partial charge on any atom is -0.479 e. The van der Waals surface area contributed by atoms with Gasteiger partial charge in [-0.2, -0.15) is 0 Å². The minimum atomic E-state index is -1.05. The summed E-state index contributed by atoms with van der Waals surface area (Å²) in [7, 11) is 0. The fourth-order valence-electron chi connectivity index (χ4n) is 1.39. The van der Waals surface area contributed by atoms with Crippen LogP contribution < -0.4 is 0 Å². The van der Waals surface area contributed by atoms with Gasteiger partial charge in [0.2, 0.25) is 5.89 Å². The molecule has 0 aliphatic heterocycles. The second kappa shape index (κ2) is 5.62. The molecule has 0 saturated carbocycles. The summed E-state index contributed by atoms with van der Waals surface area (Å²) in [5.41, 5.74) is 0.687. The summed E-state index contributed by atoms with van der Waals surface area (Å²) in [5.74, 6) is -0.638. The van der Waals surface area contributed by atoms with Gasteiger partial charge in [0.25, 0.3) is 0 Å². The molecule has 0 fully saturated rings. The van der Waals surface area contributed by atoms with Crippen LogP contribution in [0, 0.1) is 5.82 Å². The van der Waals surface area contributed by atoms with Crippen LogP contribution in [-0.4, -0.2) is 22.2 Å². The number of aromatic nitrogens is 1. The van der Waals surface area contributed by atoms with Crippen molar-refractivity contribution >= 4 is 5.97 Å². The van der Waals surface area contributed by atoms with E-state index in [4.69, 9.17) is 14.3 Å². The smallest absolute Gasteiger partial charge is 0.332 e. The molecule has 0 amide bonds. The van der Waals surface area contributed by atoms with Gasteiger partial charge in [-0.3, -0.25) is 0 Å². The number of benzene rings is 1. The van der Waals surface area contributed by atoms with Gasteiger partial charge in [-0.05, 0) is 31.2 Å². The number of carboxylic acids is 1. The number of hydrogen-bond donors (Lipinski definition) is 1. The predicted octanol–water partition coefficient (Wildman–Crippen LogP) is 2.47. The number of aliphatic carboxylic acids is 1. The standard InChI is InChI=1S/C13H12FNO4/c1-8(13(16)17)18-7-12-15-6-11(19-12)9-2-4-10(14)5-3-9/h2-6,8H,7H2,1H3,(H,16,17)/t8-/m1/s1. The highest BCUT2D eigenvalue weighted by atomic mass is 19.1. The summed E-state index contributed by atoms with van der Waals surface area (Å²) < 4.78 is 23.2. The van der Waals surface area contributed by atoms with Crippen LogP contribution in [0.2, 0.25) is 0 Å². The largest absolute Gasteiger partial charge is 0.479 e. The Morgan fingerprint density at radius 3 is 2.79 bits per heavy atom. The second-order valence-electron chi connectivity index (χ2n) is 3.92. The molecule has 5 nitrogen and oxygen atoms in total. The van der Waals surface area contributed by atoms with Crippen LogP contribution in [0.5, 0.6) is 0 Å². The van der Waals surface area contributed by atoms with Crippen LogP contribution in [0.25, 0.3) is 11.3 Å². The Morgan fingerprint density at radius 1 is 1.47 bits per heavy atom. The average molecular weight is 265 g/mol. The van der Waals surface area contributed by atoms with Crippen LogP contribution >= 0.6 is 0 Å². The van der Waals surface area contributed by atoms with Gasteiger partial charge in [0.1, 0.15) is 12.4 Å². The molecule has 1 heterocycles. The zero-order valence-corrected chi connectivity index (χ0v) is 10.2. The van der Waals surface area contributed by atoms with Crippen molar-refractivity contribution in [1.82, 2.24) is 4.98 Å². The summed E-state index contributed by atoms with van der Waals surface area (Å²) in [5, 5.41) is 8.66. The number of rotatable bonds is 5. The first-order valence-corrected chi connectivity index (χ1v) is 5.61. The van der Waals surface area contributed by atoms with E-state index in [0.717, 1.165) is 0 Å². The van der Waals surface area contributed by atoms with Gasteiger partial charge in [-0.25, -0.2) is 14.2 Å². The van der Waals surface area contributed by atoms with Crippen molar-refractivity contribution in [3.05, 3.63) is 42.2 Å². The number of ether oxygens (including phenoxy) is 1. The number of carboxylic acid groups (broad SMARTS) is 1. The molecule has 0 bridgehead atoms. The maximum atomic E-state index is 12.8. The lowest BCUT2D eigenvalue weighted by molar-refractivity contribution is -0.150. The quantitative estimate of drug-likeness (QED) is 0.899. The molecule has 2 aromatic rings. The van der Waals surface area contributed by atoms with Crippen LogP contribution in [0.3, 0.4) is 0 Å². The predicted molar refractivity (Wildman–Crippen MR) is 63.8 cm³/mol. The maximum Gasteiger partial charge on any atom is 0.332 e. The van der Waals surface area contributed by atoms with Crippen molar-refractivity contribution in [3.8, 4) is 11.3 Å². The minimum absolute atomic E-state index is 0.0331. The Balaban J connectivity index is 2.03. The number of nitrogens with zero attached hydrogens (tertiary/aromatic N) is 1. The van der Waals surface area contributed by atoms with E-state index in [1.54, 1.807) is 12.1 Å². The summed E-state index contributed by atoms with van der Waals surface area (Å²) in [6.45, 7) is 1.39. The molecule has 0 aliphatic rings. The van der Waals surface area contributed by atoms with Crippen molar-refractivity contribution in [2.75, 3.05) is 0 Å². The Hall–Kier alpha value is -2.21. The summed E-state index contributed by atoms with van der Waals surface area (Å²) in [4.78, 5) is 14.5. The average Bonchev–Trinajstić information content (AvgIpc) is 2.85. The number of oxazole rings is 1. The van der Waals surface area contributed by atoms with Crippen molar-refractivity contribution in [1.29, 1.82) is 0 Å². The third-order valence-electron chi connectivity index (χ3n) is 2.49. The number of carbonyl (C=O) groups is 1. The molecule has 1 N–H and O–H groups in total. The molecule has 1 aromatic heterocycles. The van der Waals surface area contributed by atoms with E-state index in [0.29, 0.717) is 11.3 Å². The van der Waals surface area contributed by atoms with Gasteiger partial charge in [0, 0.05) is 5.56 Å². The molecule has 100 valence electrons. The molecule has 0 unspecified atom stereocenters. The van der Waals surface area contributed by atoms with Crippen molar-refractivity contribution in [2.45, 2.75) is 19.6 Å². The van der Waals surface area contributed by atoms with E-state index >= 15 is 0 Å². The number of halogens is 1. The van der Waals surface area contributed by atoms with Gasteiger partial charge < -0.3 is 14.3 Å². The van der Waals surface area contributed by atoms with E-state index in [1.807, 2.05) is 0 Å². The third-order valence-corrected chi connectivity index (χ3v) is 2.49. The first kappa shape index (κ1) is 13.2. The van der Waals surface area contributed by atoms with E-state index in [2.05, 4.69) is 4.98 Å². The highest BCUT2D eigenvalue weighted by molar-refractivity contribution is 5.71. The zero-order valence-electron chi connectivity index (χ0n) is 10.2. The van der Waals surface area contributed by atoms with Crippen LogP contribution in [-0.2, 0) is 16.1 Å². The van der Waals surface area contributed by atoms with E-state index < -0.39 is 12.1 Å². The Labute approximate surface area is 108 Å². The normalized spacial score (nSPS) is 12.3. The second-order valence-corrected chi connectivity index (χ2v) is 3.92. The van der Waals surface area contributed by atoms with Gasteiger partial charge in [0.15, 0.2) is 11.9 Å². The van der Waals surface area contributed by atoms with E-state index in [-0.39, 0.29) is 18.3 Å². The van der Waals surface area contributed by atoms with Gasteiger partial charge in [-0.1, -0.05) is 0 Å². The number of hydrogen-bond acceptors (Lipinski definition) is 4. The fourth-order valence-corrected chi connectivity index (χ4v) is 1.39. The Kier molecular flexibility index (Phi) is 3.91. The topological polar surface area (TPSA) is 72.6 Å². The molecule has 0 saturated heterocycles. The third kappa shape index (κ3) is 3.38. The zero-order chi connectivity index (χ0) is 13.8. The van der Waals surface area contributed by atoms with Crippen LogP contribution in [0.4, 0.5) is 4.39 Å². The lowest BCUT2D eigenvalue weighted by Crippen LogP contribution is -2.19. The van der Waals surface area contributed by atoms with Gasteiger partial charge >= 0.3 is 5.97 Å².